The van der Waals surface area contributed by atoms with Crippen molar-refractivity contribution in [2.24, 2.45) is 11.8 Å². The molecule has 0 radical (unpaired) electrons. The van der Waals surface area contributed by atoms with Crippen LogP contribution in [0.25, 0.3) is 0 Å². The maximum Gasteiger partial charge on any atom is 0.00671 e. The van der Waals surface area contributed by atoms with Crippen LogP contribution in [0.15, 0.2) is 0 Å². The molecule has 2 aliphatic rings. The highest BCUT2D eigenvalue weighted by molar-refractivity contribution is 4.78. The number of nitrogens with one attached hydrogen (secondary N) is 1. The Labute approximate surface area is 95.0 Å². The van der Waals surface area contributed by atoms with Crippen LogP contribution in [-0.4, -0.2) is 12.6 Å². The third-order valence-electron chi connectivity index (χ3n) is 4.56. The van der Waals surface area contributed by atoms with Gasteiger partial charge in [0.25, 0.3) is 0 Å². The molecule has 0 aliphatic heterocycles. The summed E-state index contributed by atoms with van der Waals surface area (Å²) in [6, 6.07) is 0.769. The summed E-state index contributed by atoms with van der Waals surface area (Å²) < 4.78 is 0. The molecule has 2 rings (SSSR count). The topological polar surface area (TPSA) is 12.0 Å². The van der Waals surface area contributed by atoms with Crippen LogP contribution >= 0.6 is 0 Å². The standard InChI is InChI=1S/C14H27N/c1-12(14-9-3-2-4-10-14)15-11-13-7-5-6-8-13/h12-15H,2-11H2,1H3. The molecule has 1 nitrogen and oxygen atoms in total. The van der Waals surface area contributed by atoms with Crippen molar-refractivity contribution in [3.8, 4) is 0 Å². The molecule has 2 aliphatic carbocycles. The maximum atomic E-state index is 3.79. The zero-order chi connectivity index (χ0) is 10.5. The molecule has 1 atom stereocenters. The number of hydrogen-bond donors (Lipinski definition) is 1. The van der Waals surface area contributed by atoms with E-state index in [1.54, 1.807) is 0 Å². The first-order chi connectivity index (χ1) is 7.36. The van der Waals surface area contributed by atoms with Gasteiger partial charge in [-0.2, -0.15) is 0 Å². The van der Waals surface area contributed by atoms with Gasteiger partial charge in [-0.15, -0.1) is 0 Å². The normalized spacial score (nSPS) is 27.0. The minimum absolute atomic E-state index is 0.769. The largest absolute Gasteiger partial charge is 0.314 e. The van der Waals surface area contributed by atoms with E-state index in [2.05, 4.69) is 12.2 Å². The zero-order valence-electron chi connectivity index (χ0n) is 10.3. The van der Waals surface area contributed by atoms with Crippen LogP contribution < -0.4 is 5.32 Å². The maximum absolute atomic E-state index is 3.79. The summed E-state index contributed by atoms with van der Waals surface area (Å²) in [6.07, 6.45) is 13.3. The Morgan fingerprint density at radius 1 is 0.933 bits per heavy atom. The van der Waals surface area contributed by atoms with Gasteiger partial charge < -0.3 is 5.32 Å². The second kappa shape index (κ2) is 5.89. The monoisotopic (exact) mass is 209 g/mol. The lowest BCUT2D eigenvalue weighted by atomic mass is 9.84. The lowest BCUT2D eigenvalue weighted by Crippen LogP contribution is -2.37. The van der Waals surface area contributed by atoms with Crippen LogP contribution in [0.5, 0.6) is 0 Å². The predicted molar refractivity (Wildman–Crippen MR) is 66.0 cm³/mol. The van der Waals surface area contributed by atoms with E-state index in [-0.39, 0.29) is 0 Å². The van der Waals surface area contributed by atoms with Crippen LogP contribution in [0.2, 0.25) is 0 Å². The van der Waals surface area contributed by atoms with E-state index in [1.165, 1.54) is 64.3 Å². The first-order valence-corrected chi connectivity index (χ1v) is 7.09. The van der Waals surface area contributed by atoms with E-state index in [4.69, 9.17) is 0 Å². The molecular weight excluding hydrogens is 182 g/mol. The van der Waals surface area contributed by atoms with E-state index < -0.39 is 0 Å². The Morgan fingerprint density at radius 3 is 2.20 bits per heavy atom. The van der Waals surface area contributed by atoms with Crippen molar-refractivity contribution < 1.29 is 0 Å². The summed E-state index contributed by atoms with van der Waals surface area (Å²) in [4.78, 5) is 0. The quantitative estimate of drug-likeness (QED) is 0.744. The summed E-state index contributed by atoms with van der Waals surface area (Å²) in [5, 5.41) is 3.79. The molecule has 2 fully saturated rings. The number of rotatable bonds is 4. The van der Waals surface area contributed by atoms with Crippen molar-refractivity contribution >= 4 is 0 Å². The van der Waals surface area contributed by atoms with Gasteiger partial charge in [-0.05, 0) is 51.0 Å². The molecule has 0 heterocycles. The molecule has 0 aromatic carbocycles. The lowest BCUT2D eigenvalue weighted by Gasteiger charge is -2.29. The van der Waals surface area contributed by atoms with E-state index in [0.29, 0.717) is 0 Å². The Balaban J connectivity index is 1.64. The molecule has 0 saturated heterocycles. The van der Waals surface area contributed by atoms with Crippen molar-refractivity contribution in [2.45, 2.75) is 70.8 Å². The highest BCUT2D eigenvalue weighted by Crippen LogP contribution is 2.27. The molecule has 88 valence electrons. The fourth-order valence-corrected chi connectivity index (χ4v) is 3.37. The third kappa shape index (κ3) is 3.48. The van der Waals surface area contributed by atoms with Crippen LogP contribution in [0.4, 0.5) is 0 Å². The van der Waals surface area contributed by atoms with Gasteiger partial charge in [0.05, 0.1) is 0 Å². The van der Waals surface area contributed by atoms with E-state index in [9.17, 15) is 0 Å². The minimum atomic E-state index is 0.769. The molecule has 1 heteroatoms. The van der Waals surface area contributed by atoms with Crippen LogP contribution in [0.3, 0.4) is 0 Å². The Kier molecular flexibility index (Phi) is 4.49. The van der Waals surface area contributed by atoms with E-state index in [1.807, 2.05) is 0 Å². The second-order valence-electron chi connectivity index (χ2n) is 5.75. The summed E-state index contributed by atoms with van der Waals surface area (Å²) in [5.74, 6) is 1.97. The van der Waals surface area contributed by atoms with Crippen molar-refractivity contribution in [3.05, 3.63) is 0 Å². The fraction of sp³-hybridized carbons (Fsp3) is 1.00. The van der Waals surface area contributed by atoms with Gasteiger partial charge in [0.2, 0.25) is 0 Å². The molecular formula is C14H27N. The first-order valence-electron chi connectivity index (χ1n) is 7.09. The molecule has 0 aromatic heterocycles. The SMILES string of the molecule is CC(NCC1CCCC1)C1CCCCC1. The molecule has 1 unspecified atom stereocenters. The Bertz CT molecular complexity index is 166. The van der Waals surface area contributed by atoms with Gasteiger partial charge in [-0.25, -0.2) is 0 Å². The summed E-state index contributed by atoms with van der Waals surface area (Å²) in [7, 11) is 0. The van der Waals surface area contributed by atoms with Crippen molar-refractivity contribution in [2.75, 3.05) is 6.54 Å². The van der Waals surface area contributed by atoms with Crippen LogP contribution in [0.1, 0.15) is 64.7 Å². The second-order valence-corrected chi connectivity index (χ2v) is 5.75. The van der Waals surface area contributed by atoms with Gasteiger partial charge in [-0.1, -0.05) is 32.1 Å². The Morgan fingerprint density at radius 2 is 1.53 bits per heavy atom. The summed E-state index contributed by atoms with van der Waals surface area (Å²) in [5.41, 5.74) is 0. The van der Waals surface area contributed by atoms with E-state index in [0.717, 1.165) is 17.9 Å². The summed E-state index contributed by atoms with van der Waals surface area (Å²) >= 11 is 0. The smallest absolute Gasteiger partial charge is 0.00671 e. The average Bonchev–Trinajstić information content (AvgIpc) is 2.80. The summed E-state index contributed by atoms with van der Waals surface area (Å²) in [6.45, 7) is 3.70. The fourth-order valence-electron chi connectivity index (χ4n) is 3.37. The lowest BCUT2D eigenvalue weighted by molar-refractivity contribution is 0.272. The van der Waals surface area contributed by atoms with Gasteiger partial charge in [0.15, 0.2) is 0 Å². The first kappa shape index (κ1) is 11.4. The molecule has 0 aromatic rings. The molecule has 15 heavy (non-hydrogen) atoms. The zero-order valence-corrected chi connectivity index (χ0v) is 10.3. The van der Waals surface area contributed by atoms with Gasteiger partial charge >= 0.3 is 0 Å². The molecule has 0 bridgehead atoms. The van der Waals surface area contributed by atoms with Crippen molar-refractivity contribution in [3.63, 3.8) is 0 Å². The number of hydrogen-bond acceptors (Lipinski definition) is 1. The van der Waals surface area contributed by atoms with Gasteiger partial charge in [0.1, 0.15) is 0 Å². The Hall–Kier alpha value is -0.0400. The van der Waals surface area contributed by atoms with Crippen LogP contribution in [0, 0.1) is 11.8 Å². The van der Waals surface area contributed by atoms with Crippen molar-refractivity contribution in [1.29, 1.82) is 0 Å². The van der Waals surface area contributed by atoms with Crippen molar-refractivity contribution in [1.82, 2.24) is 5.32 Å². The van der Waals surface area contributed by atoms with Gasteiger partial charge in [0, 0.05) is 6.04 Å². The van der Waals surface area contributed by atoms with E-state index >= 15 is 0 Å². The minimum Gasteiger partial charge on any atom is -0.314 e. The average molecular weight is 209 g/mol. The molecule has 2 saturated carbocycles. The third-order valence-corrected chi connectivity index (χ3v) is 4.56. The van der Waals surface area contributed by atoms with Crippen LogP contribution in [-0.2, 0) is 0 Å². The highest BCUT2D eigenvalue weighted by atomic mass is 14.9. The molecule has 0 amide bonds. The predicted octanol–water partition coefficient (Wildman–Crippen LogP) is 3.74. The highest BCUT2D eigenvalue weighted by Gasteiger charge is 2.21. The molecule has 0 spiro atoms. The molecule has 1 N–H and O–H groups in total. The van der Waals surface area contributed by atoms with Gasteiger partial charge in [-0.3, -0.25) is 0 Å².